The highest BCUT2D eigenvalue weighted by molar-refractivity contribution is 9.10. The lowest BCUT2D eigenvalue weighted by Gasteiger charge is -2.29. The number of benzene rings is 1. The first-order valence-corrected chi connectivity index (χ1v) is 7.75. The molecule has 21 heavy (non-hydrogen) atoms. The summed E-state index contributed by atoms with van der Waals surface area (Å²) in [5, 5.41) is 21.2. The molecule has 0 fully saturated rings. The fourth-order valence-corrected chi connectivity index (χ4v) is 2.02. The molecule has 0 saturated carbocycles. The normalized spacial score (nSPS) is 11.2. The number of rotatable bonds is 9. The molecule has 0 atom stereocenters. The average molecular weight is 360 g/mol. The highest BCUT2D eigenvalue weighted by atomic mass is 79.9. The number of amides is 1. The summed E-state index contributed by atoms with van der Waals surface area (Å²) in [5.74, 6) is 0.562. The molecule has 5 nitrogen and oxygen atoms in total. The second kappa shape index (κ2) is 9.02. The lowest BCUT2D eigenvalue weighted by molar-refractivity contribution is -0.124. The molecule has 0 heterocycles. The van der Waals surface area contributed by atoms with Crippen LogP contribution in [0.15, 0.2) is 28.7 Å². The van der Waals surface area contributed by atoms with E-state index in [0.717, 1.165) is 10.2 Å². The maximum absolute atomic E-state index is 11.8. The van der Waals surface area contributed by atoms with E-state index in [-0.39, 0.29) is 25.5 Å². The molecule has 6 heteroatoms. The SMILES string of the molecule is CCC(CO)(CO)NC(=O)CCCOc1ccc(Br)cc1. The molecule has 1 aromatic carbocycles. The van der Waals surface area contributed by atoms with Gasteiger partial charge in [-0.05, 0) is 37.1 Å². The number of ether oxygens (including phenoxy) is 1. The third-order valence-corrected chi connectivity index (χ3v) is 3.85. The highest BCUT2D eigenvalue weighted by Gasteiger charge is 2.28. The maximum atomic E-state index is 11.8. The summed E-state index contributed by atoms with van der Waals surface area (Å²) in [6.45, 7) is 1.69. The van der Waals surface area contributed by atoms with Gasteiger partial charge in [-0.2, -0.15) is 0 Å². The van der Waals surface area contributed by atoms with Gasteiger partial charge in [-0.3, -0.25) is 4.79 Å². The molecule has 0 spiro atoms. The molecule has 0 radical (unpaired) electrons. The summed E-state index contributed by atoms with van der Waals surface area (Å²) in [7, 11) is 0. The minimum absolute atomic E-state index is 0.195. The van der Waals surface area contributed by atoms with Gasteiger partial charge in [0.25, 0.3) is 0 Å². The molecule has 0 saturated heterocycles. The molecule has 1 amide bonds. The van der Waals surface area contributed by atoms with E-state index in [2.05, 4.69) is 21.2 Å². The van der Waals surface area contributed by atoms with E-state index in [9.17, 15) is 15.0 Å². The smallest absolute Gasteiger partial charge is 0.220 e. The minimum atomic E-state index is -0.927. The zero-order valence-electron chi connectivity index (χ0n) is 12.1. The Labute approximate surface area is 133 Å². The summed E-state index contributed by atoms with van der Waals surface area (Å²) in [6.07, 6.45) is 1.33. The summed E-state index contributed by atoms with van der Waals surface area (Å²) >= 11 is 3.35. The van der Waals surface area contributed by atoms with E-state index in [1.54, 1.807) is 0 Å². The Morgan fingerprint density at radius 2 is 1.90 bits per heavy atom. The van der Waals surface area contributed by atoms with Gasteiger partial charge >= 0.3 is 0 Å². The molecule has 0 bridgehead atoms. The van der Waals surface area contributed by atoms with Gasteiger partial charge in [-0.15, -0.1) is 0 Å². The van der Waals surface area contributed by atoms with Crippen LogP contribution >= 0.6 is 15.9 Å². The van der Waals surface area contributed by atoms with E-state index in [1.165, 1.54) is 0 Å². The lowest BCUT2D eigenvalue weighted by Crippen LogP contribution is -2.53. The number of carbonyl (C=O) groups is 1. The zero-order chi connectivity index (χ0) is 15.7. The highest BCUT2D eigenvalue weighted by Crippen LogP contribution is 2.16. The van der Waals surface area contributed by atoms with E-state index in [0.29, 0.717) is 19.4 Å². The second-order valence-corrected chi connectivity index (χ2v) is 5.82. The van der Waals surface area contributed by atoms with E-state index >= 15 is 0 Å². The largest absolute Gasteiger partial charge is 0.494 e. The Balaban J connectivity index is 2.28. The van der Waals surface area contributed by atoms with Crippen LogP contribution in [0.1, 0.15) is 26.2 Å². The van der Waals surface area contributed by atoms with Gasteiger partial charge in [0, 0.05) is 10.9 Å². The van der Waals surface area contributed by atoms with Gasteiger partial charge in [0.2, 0.25) is 5.91 Å². The Morgan fingerprint density at radius 1 is 1.29 bits per heavy atom. The summed E-state index contributed by atoms with van der Waals surface area (Å²) in [6, 6.07) is 7.48. The Morgan fingerprint density at radius 3 is 2.43 bits per heavy atom. The molecule has 118 valence electrons. The summed E-state index contributed by atoms with van der Waals surface area (Å²) < 4.78 is 6.51. The average Bonchev–Trinajstić information content (AvgIpc) is 2.51. The first kappa shape index (κ1) is 17.9. The monoisotopic (exact) mass is 359 g/mol. The number of halogens is 1. The predicted octanol–water partition coefficient (Wildman–Crippen LogP) is 1.86. The third kappa shape index (κ3) is 6.03. The summed E-state index contributed by atoms with van der Waals surface area (Å²) in [5.41, 5.74) is -0.927. The van der Waals surface area contributed by atoms with Crippen molar-refractivity contribution in [1.82, 2.24) is 5.32 Å². The number of hydrogen-bond acceptors (Lipinski definition) is 4. The van der Waals surface area contributed by atoms with Crippen molar-refractivity contribution in [2.75, 3.05) is 19.8 Å². The topological polar surface area (TPSA) is 78.8 Å². The molecule has 0 aliphatic heterocycles. The molecule has 0 aliphatic carbocycles. The fourth-order valence-electron chi connectivity index (χ4n) is 1.75. The van der Waals surface area contributed by atoms with Crippen molar-refractivity contribution in [2.45, 2.75) is 31.7 Å². The first-order valence-electron chi connectivity index (χ1n) is 6.96. The van der Waals surface area contributed by atoms with Crippen molar-refractivity contribution in [2.24, 2.45) is 0 Å². The van der Waals surface area contributed by atoms with Crippen LogP contribution in [0, 0.1) is 0 Å². The van der Waals surface area contributed by atoms with Crippen molar-refractivity contribution in [1.29, 1.82) is 0 Å². The number of aliphatic hydroxyl groups is 2. The quantitative estimate of drug-likeness (QED) is 0.588. The van der Waals surface area contributed by atoms with Gasteiger partial charge in [0.1, 0.15) is 5.75 Å². The molecule has 0 unspecified atom stereocenters. The van der Waals surface area contributed by atoms with Crippen LogP contribution in [0.25, 0.3) is 0 Å². The van der Waals surface area contributed by atoms with Crippen LogP contribution in [0.3, 0.4) is 0 Å². The van der Waals surface area contributed by atoms with Gasteiger partial charge in [0.15, 0.2) is 0 Å². The number of carbonyl (C=O) groups excluding carboxylic acids is 1. The zero-order valence-corrected chi connectivity index (χ0v) is 13.7. The van der Waals surface area contributed by atoms with Crippen LogP contribution in [0.4, 0.5) is 0 Å². The summed E-state index contributed by atoms with van der Waals surface area (Å²) in [4.78, 5) is 11.8. The Hall–Kier alpha value is -1.11. The second-order valence-electron chi connectivity index (χ2n) is 4.90. The molecule has 1 rings (SSSR count). The lowest BCUT2D eigenvalue weighted by atomic mass is 9.98. The third-order valence-electron chi connectivity index (χ3n) is 3.32. The fraction of sp³-hybridized carbons (Fsp3) is 0.533. The molecule has 3 N–H and O–H groups in total. The van der Waals surface area contributed by atoms with E-state index < -0.39 is 5.54 Å². The molecule has 0 aliphatic rings. The number of nitrogens with one attached hydrogen (secondary N) is 1. The van der Waals surface area contributed by atoms with Gasteiger partial charge < -0.3 is 20.3 Å². The number of aliphatic hydroxyl groups excluding tert-OH is 2. The molecular formula is C15H22BrNO4. The van der Waals surface area contributed by atoms with Crippen LogP contribution < -0.4 is 10.1 Å². The first-order chi connectivity index (χ1) is 10.0. The number of hydrogen-bond donors (Lipinski definition) is 3. The van der Waals surface area contributed by atoms with Crippen LogP contribution in [-0.4, -0.2) is 41.5 Å². The minimum Gasteiger partial charge on any atom is -0.494 e. The van der Waals surface area contributed by atoms with Gasteiger partial charge in [-0.1, -0.05) is 22.9 Å². The van der Waals surface area contributed by atoms with Crippen LogP contribution in [0.5, 0.6) is 5.75 Å². The van der Waals surface area contributed by atoms with Crippen molar-refractivity contribution < 1.29 is 19.7 Å². The van der Waals surface area contributed by atoms with Crippen molar-refractivity contribution in [3.05, 3.63) is 28.7 Å². The van der Waals surface area contributed by atoms with Crippen molar-refractivity contribution >= 4 is 21.8 Å². The maximum Gasteiger partial charge on any atom is 0.220 e. The molecular weight excluding hydrogens is 338 g/mol. The van der Waals surface area contributed by atoms with Crippen LogP contribution in [-0.2, 0) is 4.79 Å². The standard InChI is InChI=1S/C15H22BrNO4/c1-2-15(10-18,11-19)17-14(20)4-3-9-21-13-7-5-12(16)6-8-13/h5-8,18-19H,2-4,9-11H2,1H3,(H,17,20). The Kier molecular flexibility index (Phi) is 7.71. The Bertz CT molecular complexity index is 424. The van der Waals surface area contributed by atoms with Crippen LogP contribution in [0.2, 0.25) is 0 Å². The molecule has 1 aromatic rings. The predicted molar refractivity (Wildman–Crippen MR) is 84.2 cm³/mol. The van der Waals surface area contributed by atoms with Gasteiger partial charge in [-0.25, -0.2) is 0 Å². The van der Waals surface area contributed by atoms with Crippen molar-refractivity contribution in [3.8, 4) is 5.75 Å². The van der Waals surface area contributed by atoms with Gasteiger partial charge in [0.05, 0.1) is 25.4 Å². The van der Waals surface area contributed by atoms with Crippen molar-refractivity contribution in [3.63, 3.8) is 0 Å². The molecule has 0 aromatic heterocycles. The van der Waals surface area contributed by atoms with E-state index in [1.807, 2.05) is 31.2 Å². The van der Waals surface area contributed by atoms with E-state index in [4.69, 9.17) is 4.74 Å².